The van der Waals surface area contributed by atoms with Crippen molar-refractivity contribution in [2.75, 3.05) is 26.3 Å². The van der Waals surface area contributed by atoms with Gasteiger partial charge in [0.25, 0.3) is 0 Å². The van der Waals surface area contributed by atoms with E-state index < -0.39 is 0 Å². The lowest BCUT2D eigenvalue weighted by Crippen LogP contribution is -2.17. The molecule has 0 spiro atoms. The number of hydrogen-bond acceptors (Lipinski definition) is 5. The van der Waals surface area contributed by atoms with Crippen LogP contribution in [0.3, 0.4) is 0 Å². The van der Waals surface area contributed by atoms with Gasteiger partial charge in [-0.1, -0.05) is 43.2 Å². The van der Waals surface area contributed by atoms with Crippen LogP contribution in [0.1, 0.15) is 32.1 Å². The molecule has 0 aliphatic heterocycles. The zero-order valence-electron chi connectivity index (χ0n) is 17.1. The Morgan fingerprint density at radius 1 is 0.900 bits per heavy atom. The van der Waals surface area contributed by atoms with Crippen molar-refractivity contribution in [3.05, 3.63) is 64.8 Å². The number of rotatable bonds is 12. The van der Waals surface area contributed by atoms with Gasteiger partial charge in [0.05, 0.1) is 12.0 Å². The Kier molecular flexibility index (Phi) is 10.4. The highest BCUT2D eigenvalue weighted by atomic mass is 35.5. The van der Waals surface area contributed by atoms with E-state index in [9.17, 15) is 4.79 Å². The number of hydrogen-bond donors (Lipinski definition) is 2. The third-order valence-corrected chi connectivity index (χ3v) is 4.79. The van der Waals surface area contributed by atoms with Crippen LogP contribution in [0.15, 0.2) is 63.8 Å². The molecule has 0 saturated carbocycles. The van der Waals surface area contributed by atoms with Crippen LogP contribution in [0.4, 0.5) is 0 Å². The summed E-state index contributed by atoms with van der Waals surface area (Å²) in [5, 5.41) is 12.6. The summed E-state index contributed by atoms with van der Waals surface area (Å²) in [6.07, 6.45) is 5.19. The highest BCUT2D eigenvalue weighted by molar-refractivity contribution is 5.85. The molecule has 0 radical (unpaired) electrons. The van der Waals surface area contributed by atoms with Crippen LogP contribution in [-0.2, 0) is 0 Å². The van der Waals surface area contributed by atoms with E-state index in [-0.39, 0.29) is 24.4 Å². The molecule has 162 valence electrons. The van der Waals surface area contributed by atoms with E-state index in [1.54, 1.807) is 12.1 Å². The van der Waals surface area contributed by atoms with Gasteiger partial charge in [-0.15, -0.1) is 12.4 Å². The largest absolute Gasteiger partial charge is 0.494 e. The molecular formula is C24H30ClNO4. The number of halogens is 1. The van der Waals surface area contributed by atoms with Gasteiger partial charge in [0.1, 0.15) is 17.1 Å². The first-order valence-electron chi connectivity index (χ1n) is 10.4. The molecule has 1 aromatic heterocycles. The number of nitrogens with one attached hydrogen (secondary N) is 1. The molecule has 0 atom stereocenters. The minimum absolute atomic E-state index is 0. The first kappa shape index (κ1) is 23.9. The number of benzene rings is 2. The average molecular weight is 432 g/mol. The van der Waals surface area contributed by atoms with E-state index in [0.717, 1.165) is 50.8 Å². The number of ether oxygens (including phenoxy) is 1. The minimum Gasteiger partial charge on any atom is -0.494 e. The second-order valence-corrected chi connectivity index (χ2v) is 7.09. The SMILES string of the molecule is Cl.O=c1cc(-c2ccccc2)oc2ccc(OCCCCCCNCCCO)cc12. The zero-order valence-corrected chi connectivity index (χ0v) is 18.0. The summed E-state index contributed by atoms with van der Waals surface area (Å²) < 4.78 is 11.7. The van der Waals surface area contributed by atoms with Crippen molar-refractivity contribution < 1.29 is 14.3 Å². The fraction of sp³-hybridized carbons (Fsp3) is 0.375. The summed E-state index contributed by atoms with van der Waals surface area (Å²) in [4.78, 5) is 12.5. The zero-order chi connectivity index (χ0) is 20.3. The average Bonchev–Trinajstić information content (AvgIpc) is 2.76. The Bertz CT molecular complexity index is 943. The minimum atomic E-state index is -0.0655. The quantitative estimate of drug-likeness (QED) is 0.403. The van der Waals surface area contributed by atoms with E-state index in [1.807, 2.05) is 36.4 Å². The van der Waals surface area contributed by atoms with Crippen LogP contribution in [0, 0.1) is 0 Å². The number of aliphatic hydroxyl groups excluding tert-OH is 1. The maximum Gasteiger partial charge on any atom is 0.193 e. The van der Waals surface area contributed by atoms with Gasteiger partial charge >= 0.3 is 0 Å². The molecule has 3 aromatic rings. The molecule has 2 N–H and O–H groups in total. The fourth-order valence-electron chi connectivity index (χ4n) is 3.19. The van der Waals surface area contributed by atoms with Crippen molar-refractivity contribution in [2.45, 2.75) is 32.1 Å². The van der Waals surface area contributed by atoms with Gasteiger partial charge in [-0.2, -0.15) is 0 Å². The van der Waals surface area contributed by atoms with Crippen molar-refractivity contribution >= 4 is 23.4 Å². The van der Waals surface area contributed by atoms with E-state index in [4.69, 9.17) is 14.3 Å². The van der Waals surface area contributed by atoms with Crippen LogP contribution in [-0.4, -0.2) is 31.4 Å². The van der Waals surface area contributed by atoms with Crippen molar-refractivity contribution in [3.63, 3.8) is 0 Å². The molecule has 0 fully saturated rings. The molecule has 3 rings (SSSR count). The van der Waals surface area contributed by atoms with Crippen molar-refractivity contribution in [1.82, 2.24) is 5.32 Å². The lowest BCUT2D eigenvalue weighted by molar-refractivity contribution is 0.285. The first-order chi connectivity index (χ1) is 14.3. The maximum atomic E-state index is 12.5. The highest BCUT2D eigenvalue weighted by Crippen LogP contribution is 2.24. The van der Waals surface area contributed by atoms with E-state index in [1.165, 1.54) is 6.07 Å². The third kappa shape index (κ3) is 7.17. The Balaban J connectivity index is 0.00000320. The van der Waals surface area contributed by atoms with E-state index in [0.29, 0.717) is 29.1 Å². The molecule has 0 bridgehead atoms. The van der Waals surface area contributed by atoms with Gasteiger partial charge in [0.15, 0.2) is 5.43 Å². The summed E-state index contributed by atoms with van der Waals surface area (Å²) in [6.45, 7) is 2.75. The smallest absolute Gasteiger partial charge is 0.193 e. The highest BCUT2D eigenvalue weighted by Gasteiger charge is 2.08. The Morgan fingerprint density at radius 2 is 1.67 bits per heavy atom. The summed E-state index contributed by atoms with van der Waals surface area (Å²) in [5.41, 5.74) is 1.39. The van der Waals surface area contributed by atoms with Crippen molar-refractivity contribution in [1.29, 1.82) is 0 Å². The predicted molar refractivity (Wildman–Crippen MR) is 124 cm³/mol. The lowest BCUT2D eigenvalue weighted by Gasteiger charge is -2.08. The first-order valence-corrected chi connectivity index (χ1v) is 10.4. The van der Waals surface area contributed by atoms with Gasteiger partial charge in [0.2, 0.25) is 0 Å². The van der Waals surface area contributed by atoms with Crippen LogP contribution in [0.5, 0.6) is 5.75 Å². The van der Waals surface area contributed by atoms with Gasteiger partial charge in [-0.3, -0.25) is 4.79 Å². The Labute approximate surface area is 183 Å². The van der Waals surface area contributed by atoms with Gasteiger partial charge in [0, 0.05) is 18.2 Å². The molecular weight excluding hydrogens is 402 g/mol. The molecule has 30 heavy (non-hydrogen) atoms. The number of aliphatic hydroxyl groups is 1. The number of unbranched alkanes of at least 4 members (excludes halogenated alkanes) is 3. The van der Waals surface area contributed by atoms with Gasteiger partial charge in [-0.05, 0) is 50.6 Å². The monoisotopic (exact) mass is 431 g/mol. The molecule has 0 aliphatic rings. The maximum absolute atomic E-state index is 12.5. The summed E-state index contributed by atoms with van der Waals surface area (Å²) >= 11 is 0. The summed E-state index contributed by atoms with van der Waals surface area (Å²) in [7, 11) is 0. The second-order valence-electron chi connectivity index (χ2n) is 7.09. The van der Waals surface area contributed by atoms with E-state index in [2.05, 4.69) is 5.32 Å². The molecule has 0 saturated heterocycles. The Hall–Kier alpha value is -2.34. The van der Waals surface area contributed by atoms with Crippen LogP contribution < -0.4 is 15.5 Å². The molecule has 0 unspecified atom stereocenters. The lowest BCUT2D eigenvalue weighted by atomic mass is 10.1. The van der Waals surface area contributed by atoms with Gasteiger partial charge in [-0.25, -0.2) is 0 Å². The third-order valence-electron chi connectivity index (χ3n) is 4.79. The normalized spacial score (nSPS) is 10.7. The number of fused-ring (bicyclic) bond motifs is 1. The summed E-state index contributed by atoms with van der Waals surface area (Å²) in [6, 6.07) is 16.6. The fourth-order valence-corrected chi connectivity index (χ4v) is 3.19. The standard InChI is InChI=1S/C24H29NO4.ClH/c26-15-8-14-25-13-6-1-2-7-16-28-20-11-12-23-21(17-20)22(27)18-24(29-23)19-9-4-3-5-10-19;/h3-5,9-12,17-18,25-26H,1-2,6-8,13-16H2;1H. The van der Waals surface area contributed by atoms with Crippen LogP contribution in [0.25, 0.3) is 22.3 Å². The second kappa shape index (κ2) is 13.1. The van der Waals surface area contributed by atoms with E-state index >= 15 is 0 Å². The molecule has 1 heterocycles. The van der Waals surface area contributed by atoms with Crippen LogP contribution in [0.2, 0.25) is 0 Å². The molecule has 0 aliphatic carbocycles. The van der Waals surface area contributed by atoms with Crippen LogP contribution >= 0.6 is 12.4 Å². The molecule has 0 amide bonds. The Morgan fingerprint density at radius 3 is 2.47 bits per heavy atom. The van der Waals surface area contributed by atoms with Gasteiger partial charge < -0.3 is 19.6 Å². The van der Waals surface area contributed by atoms with Crippen molar-refractivity contribution in [2.24, 2.45) is 0 Å². The summed E-state index contributed by atoms with van der Waals surface area (Å²) in [5.74, 6) is 1.27. The predicted octanol–water partition coefficient (Wildman–Crippen LogP) is 4.79. The molecule has 6 heteroatoms. The molecule has 2 aromatic carbocycles. The van der Waals surface area contributed by atoms with Crippen molar-refractivity contribution in [3.8, 4) is 17.1 Å². The topological polar surface area (TPSA) is 71.7 Å². The molecule has 5 nitrogen and oxygen atoms in total.